The SMILES string of the molecule is CC(C)c1cc(C(=O)N[C@@H]2[C@@H]3CCC[C@H]3[C@@H]2c2ccccc2)n(C)n1. The number of hydrogen-bond acceptors (Lipinski definition) is 2. The normalized spacial score (nSPS) is 27.8. The van der Waals surface area contributed by atoms with Crippen LogP contribution in [0.2, 0.25) is 0 Å². The molecule has 4 heteroatoms. The van der Waals surface area contributed by atoms with E-state index in [9.17, 15) is 4.79 Å². The van der Waals surface area contributed by atoms with E-state index in [1.165, 1.54) is 24.8 Å². The molecule has 0 aliphatic heterocycles. The predicted molar refractivity (Wildman–Crippen MR) is 98.6 cm³/mol. The van der Waals surface area contributed by atoms with Crippen LogP contribution in [-0.2, 0) is 7.05 Å². The van der Waals surface area contributed by atoms with Crippen molar-refractivity contribution in [2.75, 3.05) is 0 Å². The van der Waals surface area contributed by atoms with Gasteiger partial charge in [-0.15, -0.1) is 0 Å². The number of nitrogens with one attached hydrogen (secondary N) is 1. The molecule has 2 fully saturated rings. The molecule has 2 saturated carbocycles. The van der Waals surface area contributed by atoms with Gasteiger partial charge in [0.15, 0.2) is 0 Å². The van der Waals surface area contributed by atoms with E-state index in [4.69, 9.17) is 0 Å². The van der Waals surface area contributed by atoms with Crippen LogP contribution in [0.15, 0.2) is 36.4 Å². The number of aromatic nitrogens is 2. The third kappa shape index (κ3) is 2.78. The lowest BCUT2D eigenvalue weighted by Gasteiger charge is -2.49. The lowest BCUT2D eigenvalue weighted by atomic mass is 9.60. The molecule has 2 aromatic rings. The molecule has 1 heterocycles. The Morgan fingerprint density at radius 1 is 1.20 bits per heavy atom. The van der Waals surface area contributed by atoms with Gasteiger partial charge >= 0.3 is 0 Å². The Morgan fingerprint density at radius 3 is 2.60 bits per heavy atom. The molecule has 0 unspecified atom stereocenters. The zero-order valence-electron chi connectivity index (χ0n) is 15.3. The number of amides is 1. The molecule has 1 N–H and O–H groups in total. The molecule has 25 heavy (non-hydrogen) atoms. The average molecular weight is 337 g/mol. The van der Waals surface area contributed by atoms with E-state index >= 15 is 0 Å². The maximum atomic E-state index is 12.9. The largest absolute Gasteiger partial charge is 0.347 e. The molecule has 1 aromatic carbocycles. The standard InChI is InChI=1S/C21H27N3O/c1-13(2)17-12-18(24(3)23-17)21(25)22-20-16-11-7-10-15(16)19(20)14-8-5-4-6-9-14/h4-6,8-9,12-13,15-16,19-20H,7,10-11H2,1-3H3,(H,22,25)/t15-,16-,19+,20-/m1/s1. The van der Waals surface area contributed by atoms with Crippen molar-refractivity contribution in [3.8, 4) is 0 Å². The summed E-state index contributed by atoms with van der Waals surface area (Å²) in [5.41, 5.74) is 3.00. The number of aryl methyl sites for hydroxylation is 1. The van der Waals surface area contributed by atoms with Gasteiger partial charge in [0.1, 0.15) is 5.69 Å². The molecule has 2 aliphatic rings. The van der Waals surface area contributed by atoms with Crippen molar-refractivity contribution in [2.45, 2.75) is 51.0 Å². The first-order chi connectivity index (χ1) is 12.1. The van der Waals surface area contributed by atoms with E-state index in [2.05, 4.69) is 54.6 Å². The summed E-state index contributed by atoms with van der Waals surface area (Å²) in [5.74, 6) is 2.15. The summed E-state index contributed by atoms with van der Waals surface area (Å²) in [6.45, 7) is 4.20. The monoisotopic (exact) mass is 337 g/mol. The number of fused-ring (bicyclic) bond motifs is 1. The second kappa shape index (κ2) is 6.32. The van der Waals surface area contributed by atoms with Crippen molar-refractivity contribution < 1.29 is 4.79 Å². The molecular weight excluding hydrogens is 310 g/mol. The van der Waals surface area contributed by atoms with E-state index in [-0.39, 0.29) is 11.9 Å². The highest BCUT2D eigenvalue weighted by molar-refractivity contribution is 5.93. The smallest absolute Gasteiger partial charge is 0.269 e. The number of benzene rings is 1. The zero-order valence-corrected chi connectivity index (χ0v) is 15.3. The number of rotatable bonds is 4. The summed E-state index contributed by atoms with van der Waals surface area (Å²) in [4.78, 5) is 12.9. The molecule has 0 radical (unpaired) electrons. The van der Waals surface area contributed by atoms with Crippen LogP contribution < -0.4 is 5.32 Å². The highest BCUT2D eigenvalue weighted by Crippen LogP contribution is 2.55. The molecule has 0 spiro atoms. The van der Waals surface area contributed by atoms with Crippen LogP contribution in [0.25, 0.3) is 0 Å². The maximum absolute atomic E-state index is 12.9. The fourth-order valence-electron chi connectivity index (χ4n) is 4.83. The molecular formula is C21H27N3O. The zero-order chi connectivity index (χ0) is 17.6. The maximum Gasteiger partial charge on any atom is 0.269 e. The number of carbonyl (C=O) groups is 1. The van der Waals surface area contributed by atoms with Gasteiger partial charge in [0, 0.05) is 19.0 Å². The van der Waals surface area contributed by atoms with Gasteiger partial charge < -0.3 is 5.32 Å². The summed E-state index contributed by atoms with van der Waals surface area (Å²) < 4.78 is 1.72. The van der Waals surface area contributed by atoms with Crippen LogP contribution in [0.3, 0.4) is 0 Å². The lowest BCUT2D eigenvalue weighted by Crippen LogP contribution is -2.56. The summed E-state index contributed by atoms with van der Waals surface area (Å²) in [6.07, 6.45) is 3.82. The first-order valence-electron chi connectivity index (χ1n) is 9.46. The Balaban J connectivity index is 1.55. The minimum Gasteiger partial charge on any atom is -0.347 e. The van der Waals surface area contributed by atoms with Crippen LogP contribution in [0.1, 0.15) is 66.7 Å². The van der Waals surface area contributed by atoms with Crippen molar-refractivity contribution >= 4 is 5.91 Å². The van der Waals surface area contributed by atoms with Crippen molar-refractivity contribution in [3.05, 3.63) is 53.3 Å². The Bertz CT molecular complexity index is 765. The number of carbonyl (C=O) groups excluding carboxylic acids is 1. The second-order valence-electron chi connectivity index (χ2n) is 7.93. The highest BCUT2D eigenvalue weighted by Gasteiger charge is 2.53. The second-order valence-corrected chi connectivity index (χ2v) is 7.93. The quantitative estimate of drug-likeness (QED) is 0.921. The fraction of sp³-hybridized carbons (Fsp3) is 0.524. The van der Waals surface area contributed by atoms with Gasteiger partial charge in [0.25, 0.3) is 5.91 Å². The first kappa shape index (κ1) is 16.4. The van der Waals surface area contributed by atoms with Crippen molar-refractivity contribution in [1.82, 2.24) is 15.1 Å². The number of nitrogens with zero attached hydrogens (tertiary/aromatic N) is 2. The van der Waals surface area contributed by atoms with Gasteiger partial charge in [-0.25, -0.2) is 0 Å². The molecule has 4 nitrogen and oxygen atoms in total. The third-order valence-electron chi connectivity index (χ3n) is 6.14. The summed E-state index contributed by atoms with van der Waals surface area (Å²) in [5, 5.41) is 7.83. The molecule has 1 aromatic heterocycles. The molecule has 1 amide bonds. The van der Waals surface area contributed by atoms with Gasteiger partial charge in [-0.2, -0.15) is 5.10 Å². The van der Waals surface area contributed by atoms with Crippen LogP contribution in [0.4, 0.5) is 0 Å². The van der Waals surface area contributed by atoms with Gasteiger partial charge in [-0.3, -0.25) is 9.48 Å². The molecule has 4 rings (SSSR count). The Kier molecular flexibility index (Phi) is 4.14. The molecule has 0 saturated heterocycles. The molecule has 2 aliphatic carbocycles. The van der Waals surface area contributed by atoms with Crippen molar-refractivity contribution in [3.63, 3.8) is 0 Å². The van der Waals surface area contributed by atoms with E-state index in [0.717, 1.165) is 11.6 Å². The molecule has 132 valence electrons. The topological polar surface area (TPSA) is 46.9 Å². The van der Waals surface area contributed by atoms with Crippen LogP contribution in [0.5, 0.6) is 0 Å². The van der Waals surface area contributed by atoms with Gasteiger partial charge in [-0.05, 0) is 42.2 Å². The van der Waals surface area contributed by atoms with E-state index in [1.54, 1.807) is 4.68 Å². The van der Waals surface area contributed by atoms with E-state index in [0.29, 0.717) is 23.4 Å². The van der Waals surface area contributed by atoms with Crippen LogP contribution in [0, 0.1) is 11.8 Å². The minimum absolute atomic E-state index is 0.0122. The highest BCUT2D eigenvalue weighted by atomic mass is 16.2. The third-order valence-corrected chi connectivity index (χ3v) is 6.14. The Labute approximate surface area is 149 Å². The lowest BCUT2D eigenvalue weighted by molar-refractivity contribution is 0.0684. The Morgan fingerprint density at radius 2 is 1.92 bits per heavy atom. The van der Waals surface area contributed by atoms with Crippen LogP contribution in [-0.4, -0.2) is 21.7 Å². The minimum atomic E-state index is 0.0122. The van der Waals surface area contributed by atoms with Crippen molar-refractivity contribution in [1.29, 1.82) is 0 Å². The first-order valence-corrected chi connectivity index (χ1v) is 9.46. The summed E-state index contributed by atoms with van der Waals surface area (Å²) >= 11 is 0. The molecule has 0 bridgehead atoms. The predicted octanol–water partition coefficient (Wildman–Crippen LogP) is 3.86. The van der Waals surface area contributed by atoms with Crippen molar-refractivity contribution in [2.24, 2.45) is 18.9 Å². The number of hydrogen-bond donors (Lipinski definition) is 1. The van der Waals surface area contributed by atoms with Gasteiger partial charge in [0.05, 0.1) is 5.69 Å². The van der Waals surface area contributed by atoms with E-state index < -0.39 is 0 Å². The van der Waals surface area contributed by atoms with E-state index in [1.807, 2.05) is 13.1 Å². The average Bonchev–Trinajstić information content (AvgIpc) is 3.18. The fourth-order valence-corrected chi connectivity index (χ4v) is 4.83. The van der Waals surface area contributed by atoms with Gasteiger partial charge in [-0.1, -0.05) is 50.6 Å². The Hall–Kier alpha value is -2.10. The van der Waals surface area contributed by atoms with Gasteiger partial charge in [0.2, 0.25) is 0 Å². The summed E-state index contributed by atoms with van der Waals surface area (Å²) in [6, 6.07) is 12.9. The van der Waals surface area contributed by atoms with Crippen LogP contribution >= 0.6 is 0 Å². The molecule has 4 atom stereocenters. The summed E-state index contributed by atoms with van der Waals surface area (Å²) in [7, 11) is 1.86.